The number of halogens is 2. The lowest BCUT2D eigenvalue weighted by atomic mass is 10.2. The van der Waals surface area contributed by atoms with Gasteiger partial charge in [0.05, 0.1) is 6.54 Å². The van der Waals surface area contributed by atoms with Crippen LogP contribution >= 0.6 is 0 Å². The summed E-state index contributed by atoms with van der Waals surface area (Å²) < 4.78 is 24.3. The molecule has 3 nitrogen and oxygen atoms in total. The zero-order valence-electron chi connectivity index (χ0n) is 6.18. The molecule has 0 radical (unpaired) electrons. The van der Waals surface area contributed by atoms with Crippen molar-refractivity contribution in [2.45, 2.75) is 25.3 Å². The lowest BCUT2D eigenvalue weighted by Gasteiger charge is -2.03. The molecular weight excluding hydrogens is 156 g/mol. The molecule has 0 bridgehead atoms. The number of alkyl halides is 2. The minimum absolute atomic E-state index is 0.00694. The first-order chi connectivity index (χ1) is 5.02. The van der Waals surface area contributed by atoms with Gasteiger partial charge in [0.1, 0.15) is 0 Å². The minimum Gasteiger partial charge on any atom is -0.483 e. The number of nitrogens with one attached hydrogen (secondary N) is 1. The maximum Gasteiger partial charge on any atom is 0.290 e. The number of hydrogen-bond acceptors (Lipinski definition) is 2. The van der Waals surface area contributed by atoms with E-state index in [1.54, 1.807) is 6.92 Å². The summed E-state index contributed by atoms with van der Waals surface area (Å²) >= 11 is 0. The molecule has 0 spiro atoms. The second-order valence-electron chi connectivity index (χ2n) is 2.45. The third kappa shape index (κ3) is 4.66. The van der Waals surface area contributed by atoms with E-state index >= 15 is 0 Å². The molecule has 1 saturated heterocycles. The van der Waals surface area contributed by atoms with Crippen molar-refractivity contribution in [3.8, 4) is 0 Å². The van der Waals surface area contributed by atoms with Gasteiger partial charge in [-0.1, -0.05) is 0 Å². The summed E-state index contributed by atoms with van der Waals surface area (Å²) in [5, 5.41) is 9.55. The van der Waals surface area contributed by atoms with Crippen LogP contribution in [0.3, 0.4) is 0 Å². The third-order valence-electron chi connectivity index (χ3n) is 1.31. The molecule has 1 rings (SSSR count). The molecule has 0 aromatic carbocycles. The van der Waals surface area contributed by atoms with Crippen LogP contribution in [-0.2, 0) is 4.79 Å². The number of carbonyl (C=O) groups is 1. The van der Waals surface area contributed by atoms with Crippen LogP contribution in [0.5, 0.6) is 0 Å². The second kappa shape index (κ2) is 4.23. The van der Waals surface area contributed by atoms with Crippen LogP contribution in [0.15, 0.2) is 0 Å². The van der Waals surface area contributed by atoms with E-state index in [2.05, 4.69) is 5.32 Å². The smallest absolute Gasteiger partial charge is 0.290 e. The van der Waals surface area contributed by atoms with Crippen molar-refractivity contribution in [2.75, 3.05) is 6.54 Å². The van der Waals surface area contributed by atoms with Crippen molar-refractivity contribution >= 4 is 6.47 Å². The molecular formula is C6H11F2NO2. The van der Waals surface area contributed by atoms with Gasteiger partial charge < -0.3 is 10.4 Å². The van der Waals surface area contributed by atoms with Crippen LogP contribution < -0.4 is 5.32 Å². The van der Waals surface area contributed by atoms with Gasteiger partial charge in [-0.3, -0.25) is 4.79 Å². The van der Waals surface area contributed by atoms with Gasteiger partial charge in [-0.25, -0.2) is 8.78 Å². The highest BCUT2D eigenvalue weighted by molar-refractivity contribution is 5.32. The largest absolute Gasteiger partial charge is 0.483 e. The lowest BCUT2D eigenvalue weighted by molar-refractivity contribution is -0.122. The van der Waals surface area contributed by atoms with Crippen LogP contribution in [0.1, 0.15) is 13.3 Å². The van der Waals surface area contributed by atoms with Crippen molar-refractivity contribution in [1.29, 1.82) is 0 Å². The minimum atomic E-state index is -2.45. The standard InChI is InChI=1S/C5H9F2N.CH2O2/c1-4-2-5(6,7)3-8-4;2-1-3/h4,8H,2-3H2,1H3;1H,(H,2,3). The molecule has 11 heavy (non-hydrogen) atoms. The van der Waals surface area contributed by atoms with Gasteiger partial charge >= 0.3 is 0 Å². The molecule has 66 valence electrons. The van der Waals surface area contributed by atoms with Gasteiger partial charge in [0.25, 0.3) is 12.4 Å². The Hall–Kier alpha value is -0.710. The van der Waals surface area contributed by atoms with E-state index in [0.29, 0.717) is 0 Å². The average Bonchev–Trinajstić information content (AvgIpc) is 2.11. The highest BCUT2D eigenvalue weighted by atomic mass is 19.3. The van der Waals surface area contributed by atoms with Gasteiger partial charge in [0.2, 0.25) is 0 Å². The van der Waals surface area contributed by atoms with E-state index in [1.807, 2.05) is 0 Å². The normalized spacial score (nSPS) is 27.0. The summed E-state index contributed by atoms with van der Waals surface area (Å²) in [6.07, 6.45) is -0.00694. The van der Waals surface area contributed by atoms with E-state index in [1.165, 1.54) is 0 Å². The van der Waals surface area contributed by atoms with Crippen molar-refractivity contribution in [1.82, 2.24) is 5.32 Å². The highest BCUT2D eigenvalue weighted by Crippen LogP contribution is 2.24. The second-order valence-corrected chi connectivity index (χ2v) is 2.45. The summed E-state index contributed by atoms with van der Waals surface area (Å²) in [4.78, 5) is 8.36. The highest BCUT2D eigenvalue weighted by Gasteiger charge is 2.36. The number of hydrogen-bond donors (Lipinski definition) is 2. The Balaban J connectivity index is 0.000000292. The predicted molar refractivity (Wildman–Crippen MR) is 35.7 cm³/mol. The molecule has 0 amide bonds. The quantitative estimate of drug-likeness (QED) is 0.522. The Morgan fingerprint density at radius 1 is 1.73 bits per heavy atom. The zero-order chi connectivity index (χ0) is 8.91. The molecule has 5 heteroatoms. The summed E-state index contributed by atoms with van der Waals surface area (Å²) in [5.74, 6) is -2.45. The average molecular weight is 167 g/mol. The van der Waals surface area contributed by atoms with Gasteiger partial charge in [-0.2, -0.15) is 0 Å². The lowest BCUT2D eigenvalue weighted by Crippen LogP contribution is -2.20. The molecule has 2 N–H and O–H groups in total. The fourth-order valence-corrected chi connectivity index (χ4v) is 0.916. The molecule has 0 aliphatic carbocycles. The summed E-state index contributed by atoms with van der Waals surface area (Å²) in [6, 6.07) is -0.00926. The summed E-state index contributed by atoms with van der Waals surface area (Å²) in [7, 11) is 0. The predicted octanol–water partition coefficient (Wildman–Crippen LogP) is 0.704. The van der Waals surface area contributed by atoms with E-state index in [4.69, 9.17) is 9.90 Å². The molecule has 0 saturated carbocycles. The van der Waals surface area contributed by atoms with Crippen molar-refractivity contribution in [3.63, 3.8) is 0 Å². The molecule has 1 heterocycles. The number of rotatable bonds is 0. The van der Waals surface area contributed by atoms with Gasteiger partial charge in [0.15, 0.2) is 0 Å². The van der Waals surface area contributed by atoms with Crippen LogP contribution in [-0.4, -0.2) is 30.1 Å². The Morgan fingerprint density at radius 2 is 2.18 bits per heavy atom. The molecule has 0 aromatic rings. The van der Waals surface area contributed by atoms with Crippen LogP contribution in [0.2, 0.25) is 0 Å². The maximum absolute atomic E-state index is 12.1. The van der Waals surface area contributed by atoms with Crippen molar-refractivity contribution in [3.05, 3.63) is 0 Å². The Bertz CT molecular complexity index is 130. The van der Waals surface area contributed by atoms with E-state index in [9.17, 15) is 8.78 Å². The van der Waals surface area contributed by atoms with E-state index in [-0.39, 0.29) is 25.5 Å². The first-order valence-corrected chi connectivity index (χ1v) is 3.21. The van der Waals surface area contributed by atoms with Gasteiger partial charge in [-0.05, 0) is 6.92 Å². The first-order valence-electron chi connectivity index (χ1n) is 3.21. The monoisotopic (exact) mass is 167 g/mol. The molecule has 1 aliphatic heterocycles. The summed E-state index contributed by atoms with van der Waals surface area (Å²) in [6.45, 7) is 1.37. The van der Waals surface area contributed by atoms with Gasteiger partial charge in [-0.15, -0.1) is 0 Å². The molecule has 1 unspecified atom stereocenters. The molecule has 1 fully saturated rings. The van der Waals surface area contributed by atoms with Crippen LogP contribution in [0, 0.1) is 0 Å². The Labute approximate surface area is 63.4 Å². The fourth-order valence-electron chi connectivity index (χ4n) is 0.916. The molecule has 0 aromatic heterocycles. The van der Waals surface area contributed by atoms with Crippen LogP contribution in [0.4, 0.5) is 8.78 Å². The van der Waals surface area contributed by atoms with E-state index < -0.39 is 5.92 Å². The number of carboxylic acid groups (broad SMARTS) is 1. The molecule has 1 aliphatic rings. The van der Waals surface area contributed by atoms with Crippen LogP contribution in [0.25, 0.3) is 0 Å². The fraction of sp³-hybridized carbons (Fsp3) is 0.833. The zero-order valence-corrected chi connectivity index (χ0v) is 6.18. The summed E-state index contributed by atoms with van der Waals surface area (Å²) in [5.41, 5.74) is 0. The van der Waals surface area contributed by atoms with Crippen molar-refractivity contribution in [2.24, 2.45) is 0 Å². The Morgan fingerprint density at radius 3 is 2.27 bits per heavy atom. The van der Waals surface area contributed by atoms with Crippen molar-refractivity contribution < 1.29 is 18.7 Å². The van der Waals surface area contributed by atoms with E-state index in [0.717, 1.165) is 0 Å². The first kappa shape index (κ1) is 10.3. The third-order valence-corrected chi connectivity index (χ3v) is 1.31. The molecule has 1 atom stereocenters. The Kier molecular flexibility index (Phi) is 3.95. The maximum atomic E-state index is 12.1. The SMILES string of the molecule is CC1CC(F)(F)CN1.O=CO. The topological polar surface area (TPSA) is 49.3 Å². The van der Waals surface area contributed by atoms with Gasteiger partial charge in [0, 0.05) is 12.5 Å².